The van der Waals surface area contributed by atoms with E-state index in [1.807, 2.05) is 49.3 Å². The molecule has 0 radical (unpaired) electrons. The quantitative estimate of drug-likeness (QED) is 0.566. The molecule has 0 aliphatic rings. The fourth-order valence-electron chi connectivity index (χ4n) is 0.768. The zero-order valence-corrected chi connectivity index (χ0v) is 11.7. The second-order valence-corrected chi connectivity index (χ2v) is 6.84. The zero-order chi connectivity index (χ0) is 11.3. The molecule has 0 spiro atoms. The Morgan fingerprint density at radius 1 is 1.13 bits per heavy atom. The molecule has 0 fully saturated rings. The van der Waals surface area contributed by atoms with Crippen molar-refractivity contribution in [2.75, 3.05) is 14.1 Å². The summed E-state index contributed by atoms with van der Waals surface area (Å²) in [5.74, 6) is 0. The molecule has 0 heterocycles. The molecule has 0 aliphatic heterocycles. The van der Waals surface area contributed by atoms with Crippen molar-refractivity contribution in [1.29, 1.82) is 0 Å². The van der Waals surface area contributed by atoms with Crippen LogP contribution in [0.1, 0.15) is 0 Å². The molecule has 0 N–H and O–H groups in total. The summed E-state index contributed by atoms with van der Waals surface area (Å²) < 4.78 is 1.63. The fourth-order valence-corrected chi connectivity index (χ4v) is 3.36. The van der Waals surface area contributed by atoms with Crippen LogP contribution in [0, 0.1) is 0 Å². The average molecular weight is 273 g/mol. The maximum atomic E-state index is 5.24. The van der Waals surface area contributed by atoms with Gasteiger partial charge in [0.05, 0.1) is 0 Å². The van der Waals surface area contributed by atoms with Crippen LogP contribution in [0.4, 0.5) is 0 Å². The number of thiocarbonyl (C=S) groups is 2. The van der Waals surface area contributed by atoms with E-state index in [9.17, 15) is 0 Å². The third-order valence-corrected chi connectivity index (χ3v) is 4.48. The highest BCUT2D eigenvalue weighted by Crippen LogP contribution is 2.26. The third kappa shape index (κ3) is 4.97. The van der Waals surface area contributed by atoms with Gasteiger partial charge in [-0.05, 0) is 23.9 Å². The summed E-state index contributed by atoms with van der Waals surface area (Å²) in [6.45, 7) is 0. The number of benzene rings is 1. The smallest absolute Gasteiger partial charge is 0.141 e. The highest BCUT2D eigenvalue weighted by molar-refractivity contribution is 8.54. The van der Waals surface area contributed by atoms with Crippen molar-refractivity contribution in [2.24, 2.45) is 0 Å². The summed E-state index contributed by atoms with van der Waals surface area (Å²) in [7, 11) is 3.84. The van der Waals surface area contributed by atoms with Gasteiger partial charge in [-0.25, -0.2) is 0 Å². The van der Waals surface area contributed by atoms with Crippen molar-refractivity contribution < 1.29 is 0 Å². The largest absolute Gasteiger partial charge is 0.363 e. The number of nitrogens with zero attached hydrogens (tertiary/aromatic N) is 1. The van der Waals surface area contributed by atoms with Gasteiger partial charge in [-0.3, -0.25) is 0 Å². The summed E-state index contributed by atoms with van der Waals surface area (Å²) in [5, 5.41) is 0. The van der Waals surface area contributed by atoms with E-state index < -0.39 is 0 Å². The summed E-state index contributed by atoms with van der Waals surface area (Å²) >= 11 is 13.4. The lowest BCUT2D eigenvalue weighted by Crippen LogP contribution is -2.16. The normalized spacial score (nSPS) is 9.73. The molecule has 5 heteroatoms. The minimum atomic E-state index is 0.795. The molecule has 1 aromatic carbocycles. The van der Waals surface area contributed by atoms with Crippen LogP contribution in [0.2, 0.25) is 0 Å². The van der Waals surface area contributed by atoms with E-state index in [-0.39, 0.29) is 0 Å². The molecule has 80 valence electrons. The van der Waals surface area contributed by atoms with Gasteiger partial charge in [-0.1, -0.05) is 54.4 Å². The van der Waals surface area contributed by atoms with Gasteiger partial charge in [0.25, 0.3) is 0 Å². The highest BCUT2D eigenvalue weighted by Gasteiger charge is 2.06. The minimum Gasteiger partial charge on any atom is -0.363 e. The van der Waals surface area contributed by atoms with Crippen molar-refractivity contribution in [3.63, 3.8) is 0 Å². The van der Waals surface area contributed by atoms with Crippen molar-refractivity contribution in [3.8, 4) is 0 Å². The van der Waals surface area contributed by atoms with Gasteiger partial charge in [-0.15, -0.1) is 0 Å². The average Bonchev–Trinajstić information content (AvgIpc) is 2.18. The van der Waals surface area contributed by atoms with Crippen LogP contribution in [0.25, 0.3) is 0 Å². The van der Waals surface area contributed by atoms with Gasteiger partial charge in [-0.2, -0.15) is 0 Å². The third-order valence-electron chi connectivity index (χ3n) is 1.48. The van der Waals surface area contributed by atoms with E-state index in [1.54, 1.807) is 11.8 Å². The van der Waals surface area contributed by atoms with Gasteiger partial charge in [0.1, 0.15) is 7.85 Å². The van der Waals surface area contributed by atoms with Crippen molar-refractivity contribution in [3.05, 3.63) is 30.3 Å². The molecule has 0 amide bonds. The van der Waals surface area contributed by atoms with Gasteiger partial charge < -0.3 is 4.90 Å². The van der Waals surface area contributed by atoms with Gasteiger partial charge in [0.2, 0.25) is 0 Å². The molecule has 0 saturated carbocycles. The Labute approximate surface area is 110 Å². The van der Waals surface area contributed by atoms with Gasteiger partial charge in [0, 0.05) is 19.0 Å². The van der Waals surface area contributed by atoms with E-state index >= 15 is 0 Å². The predicted molar refractivity (Wildman–Crippen MR) is 78.8 cm³/mol. The first kappa shape index (κ1) is 13.0. The van der Waals surface area contributed by atoms with E-state index in [0.29, 0.717) is 0 Å². The first-order chi connectivity index (χ1) is 7.09. The lowest BCUT2D eigenvalue weighted by atomic mass is 10.4. The Morgan fingerprint density at radius 3 is 2.27 bits per heavy atom. The standard InChI is InChI=1S/C10H11NS4/c1-11(2)9(12)15-10(13)14-8-6-4-3-5-7-8/h3-7H,1-2H3. The molecule has 0 aliphatic carbocycles. The second-order valence-electron chi connectivity index (χ2n) is 2.93. The maximum absolute atomic E-state index is 5.24. The van der Waals surface area contributed by atoms with Crippen molar-refractivity contribution >= 4 is 55.8 Å². The molecule has 0 atom stereocenters. The fraction of sp³-hybridized carbons (Fsp3) is 0.200. The van der Waals surface area contributed by atoms with Crippen LogP contribution in [0.15, 0.2) is 35.2 Å². The summed E-state index contributed by atoms with van der Waals surface area (Å²) in [6, 6.07) is 10.1. The van der Waals surface area contributed by atoms with E-state index in [4.69, 9.17) is 24.4 Å². The summed E-state index contributed by atoms with van der Waals surface area (Å²) in [6.07, 6.45) is 0. The number of rotatable bonds is 1. The monoisotopic (exact) mass is 273 g/mol. The van der Waals surface area contributed by atoms with Crippen LogP contribution < -0.4 is 0 Å². The first-order valence-electron chi connectivity index (χ1n) is 4.25. The Morgan fingerprint density at radius 2 is 1.73 bits per heavy atom. The molecule has 0 aromatic heterocycles. The van der Waals surface area contributed by atoms with E-state index in [2.05, 4.69) is 0 Å². The van der Waals surface area contributed by atoms with E-state index in [0.717, 1.165) is 12.7 Å². The van der Waals surface area contributed by atoms with Crippen LogP contribution in [0.3, 0.4) is 0 Å². The Hall–Kier alpha value is -0.100. The lowest BCUT2D eigenvalue weighted by molar-refractivity contribution is 0.648. The number of thioether (sulfide) groups is 2. The van der Waals surface area contributed by atoms with Crippen LogP contribution >= 0.6 is 48.0 Å². The number of hydrogen-bond donors (Lipinski definition) is 0. The van der Waals surface area contributed by atoms with Crippen LogP contribution in [-0.4, -0.2) is 26.8 Å². The van der Waals surface area contributed by atoms with Crippen LogP contribution in [0.5, 0.6) is 0 Å². The molecular formula is C10H11NS4. The molecule has 15 heavy (non-hydrogen) atoms. The molecule has 0 saturated heterocycles. The SMILES string of the molecule is CN(C)C(=S)SC(=S)Sc1ccccc1. The Balaban J connectivity index is 2.47. The molecular weight excluding hydrogens is 262 g/mol. The highest BCUT2D eigenvalue weighted by atomic mass is 32.2. The van der Waals surface area contributed by atoms with E-state index in [1.165, 1.54) is 11.8 Å². The number of hydrogen-bond acceptors (Lipinski definition) is 4. The minimum absolute atomic E-state index is 0.795. The van der Waals surface area contributed by atoms with Crippen molar-refractivity contribution in [1.82, 2.24) is 4.90 Å². The molecule has 0 bridgehead atoms. The first-order valence-corrected chi connectivity index (χ1v) is 6.70. The predicted octanol–water partition coefficient (Wildman–Crippen LogP) is 3.64. The molecule has 1 rings (SSSR count). The topological polar surface area (TPSA) is 3.24 Å². The Bertz CT molecular complexity index is 348. The van der Waals surface area contributed by atoms with Crippen molar-refractivity contribution in [2.45, 2.75) is 4.90 Å². The Kier molecular flexibility index (Phi) is 5.60. The van der Waals surface area contributed by atoms with Crippen LogP contribution in [-0.2, 0) is 0 Å². The maximum Gasteiger partial charge on any atom is 0.141 e. The molecule has 1 nitrogen and oxygen atoms in total. The second kappa shape index (κ2) is 6.48. The summed E-state index contributed by atoms with van der Waals surface area (Å²) in [5.41, 5.74) is 0. The zero-order valence-electron chi connectivity index (χ0n) is 8.47. The van der Waals surface area contributed by atoms with Gasteiger partial charge in [0.15, 0.2) is 0 Å². The molecule has 1 aromatic rings. The molecule has 0 unspecified atom stereocenters. The van der Waals surface area contributed by atoms with Gasteiger partial charge >= 0.3 is 0 Å². The summed E-state index contributed by atoms with van der Waals surface area (Å²) in [4.78, 5) is 3.04. The lowest BCUT2D eigenvalue weighted by Gasteiger charge is -2.12.